The molecule has 2 amide bonds. The summed E-state index contributed by atoms with van der Waals surface area (Å²) < 4.78 is 30.7. The number of hydrogen-bond donors (Lipinski definition) is 1. The van der Waals surface area contributed by atoms with Gasteiger partial charge in [0.15, 0.2) is 0 Å². The number of carbonyl (C=O) groups is 2. The van der Waals surface area contributed by atoms with Gasteiger partial charge >= 0.3 is 0 Å². The minimum Gasteiger partial charge on any atom is -0.352 e. The van der Waals surface area contributed by atoms with E-state index < -0.39 is 28.5 Å². The number of para-hydroxylation sites is 1. The van der Waals surface area contributed by atoms with Crippen LogP contribution in [0.15, 0.2) is 112 Å². The third-order valence-corrected chi connectivity index (χ3v) is 10.4. The first-order valence-electron chi connectivity index (χ1n) is 15.6. The predicted octanol–water partition coefficient (Wildman–Crippen LogP) is 7.07. The van der Waals surface area contributed by atoms with Crippen LogP contribution in [0.5, 0.6) is 0 Å². The fourth-order valence-electron chi connectivity index (χ4n) is 5.19. The lowest BCUT2D eigenvalue weighted by atomic mass is 10.0. The third-order valence-electron chi connectivity index (χ3n) is 8.07. The lowest BCUT2D eigenvalue weighted by molar-refractivity contribution is -0.140. The van der Waals surface area contributed by atoms with Crippen LogP contribution in [0.3, 0.4) is 0 Å². The van der Waals surface area contributed by atoms with Crippen LogP contribution in [0.25, 0.3) is 0 Å². The molecule has 0 radical (unpaired) electrons. The number of hydrogen-bond acceptors (Lipinski definition) is 4. The van der Waals surface area contributed by atoms with Crippen LogP contribution in [-0.4, -0.2) is 43.8 Å². The first kappa shape index (κ1) is 34.9. The number of anilines is 1. The van der Waals surface area contributed by atoms with E-state index in [2.05, 4.69) is 21.2 Å². The quantitative estimate of drug-likeness (QED) is 0.152. The topological polar surface area (TPSA) is 86.8 Å². The highest BCUT2D eigenvalue weighted by molar-refractivity contribution is 9.10. The zero-order valence-corrected chi connectivity index (χ0v) is 29.2. The molecule has 0 aliphatic carbocycles. The molecule has 0 aromatic heterocycles. The Labute approximate surface area is 281 Å². The second-order valence-corrected chi connectivity index (χ2v) is 14.3. The van der Waals surface area contributed by atoms with Gasteiger partial charge in [0.2, 0.25) is 11.8 Å². The van der Waals surface area contributed by atoms with Gasteiger partial charge in [-0.2, -0.15) is 0 Å². The molecule has 0 saturated carbocycles. The van der Waals surface area contributed by atoms with E-state index in [1.54, 1.807) is 36.4 Å². The standard InChI is InChI=1S/C37H42BrN3O4S/c1-5-28(4)39-37(43)35(24-29-12-8-7-9-13-29)40(25-30-18-20-32(38)21-19-30)36(42)26-41(34-15-11-10-14-31(34)6-2)46(44,45)33-22-16-27(3)17-23-33/h7-23,28,35H,5-6,24-26H2,1-4H3,(H,39,43)/t28-,35+/m1/s1. The van der Waals surface area contributed by atoms with Gasteiger partial charge in [0.25, 0.3) is 10.0 Å². The van der Waals surface area contributed by atoms with Gasteiger partial charge in [0.1, 0.15) is 12.6 Å². The number of sulfonamides is 1. The normalized spacial score (nSPS) is 12.6. The second kappa shape index (κ2) is 16.1. The van der Waals surface area contributed by atoms with Crippen LogP contribution < -0.4 is 9.62 Å². The molecule has 0 aliphatic heterocycles. The Morgan fingerprint density at radius 2 is 1.46 bits per heavy atom. The van der Waals surface area contributed by atoms with E-state index in [9.17, 15) is 18.0 Å². The molecule has 0 aliphatic rings. The van der Waals surface area contributed by atoms with Gasteiger partial charge in [0, 0.05) is 23.5 Å². The third kappa shape index (κ3) is 8.85. The largest absolute Gasteiger partial charge is 0.352 e. The van der Waals surface area contributed by atoms with E-state index in [1.165, 1.54) is 9.21 Å². The van der Waals surface area contributed by atoms with Gasteiger partial charge in [-0.05, 0) is 73.7 Å². The monoisotopic (exact) mass is 703 g/mol. The van der Waals surface area contributed by atoms with Crippen LogP contribution in [0.2, 0.25) is 0 Å². The Morgan fingerprint density at radius 1 is 0.826 bits per heavy atom. The first-order valence-corrected chi connectivity index (χ1v) is 17.8. The molecule has 4 aromatic rings. The molecule has 0 heterocycles. The molecule has 46 heavy (non-hydrogen) atoms. The van der Waals surface area contributed by atoms with E-state index >= 15 is 0 Å². The van der Waals surface area contributed by atoms with E-state index in [0.717, 1.165) is 33.1 Å². The maximum atomic E-state index is 14.7. The maximum absolute atomic E-state index is 14.7. The molecule has 242 valence electrons. The molecule has 0 bridgehead atoms. The summed E-state index contributed by atoms with van der Waals surface area (Å²) in [4.78, 5) is 30.2. The fourth-order valence-corrected chi connectivity index (χ4v) is 6.90. The van der Waals surface area contributed by atoms with Crippen LogP contribution in [0.4, 0.5) is 5.69 Å². The number of benzene rings is 4. The van der Waals surface area contributed by atoms with Crippen molar-refractivity contribution < 1.29 is 18.0 Å². The Morgan fingerprint density at radius 3 is 2.09 bits per heavy atom. The molecule has 9 heteroatoms. The molecule has 0 saturated heterocycles. The van der Waals surface area contributed by atoms with Gasteiger partial charge in [-0.15, -0.1) is 0 Å². The van der Waals surface area contributed by atoms with Crippen LogP contribution >= 0.6 is 15.9 Å². The van der Waals surface area contributed by atoms with Crippen molar-refractivity contribution in [2.45, 2.75) is 70.5 Å². The number of aryl methyl sites for hydroxylation is 2. The van der Waals surface area contributed by atoms with E-state index in [1.807, 2.05) is 94.4 Å². The number of nitrogens with one attached hydrogen (secondary N) is 1. The summed E-state index contributed by atoms with van der Waals surface area (Å²) in [5.41, 5.74) is 3.85. The molecular weight excluding hydrogens is 662 g/mol. The predicted molar refractivity (Wildman–Crippen MR) is 188 cm³/mol. The lowest BCUT2D eigenvalue weighted by Gasteiger charge is -2.34. The summed E-state index contributed by atoms with van der Waals surface area (Å²) in [6.45, 7) is 7.39. The summed E-state index contributed by atoms with van der Waals surface area (Å²) in [6.07, 6.45) is 1.56. The van der Waals surface area contributed by atoms with Crippen LogP contribution in [-0.2, 0) is 39.0 Å². The van der Waals surface area contributed by atoms with Gasteiger partial charge in [-0.3, -0.25) is 13.9 Å². The Hall–Kier alpha value is -3.95. The lowest BCUT2D eigenvalue weighted by Crippen LogP contribution is -2.54. The highest BCUT2D eigenvalue weighted by Gasteiger charge is 2.35. The molecule has 0 unspecified atom stereocenters. The van der Waals surface area contributed by atoms with Crippen LogP contribution in [0.1, 0.15) is 49.4 Å². The van der Waals surface area contributed by atoms with Crippen molar-refractivity contribution in [1.29, 1.82) is 0 Å². The summed E-state index contributed by atoms with van der Waals surface area (Å²) in [6, 6.07) is 30.0. The number of carbonyl (C=O) groups excluding carboxylic acids is 2. The number of nitrogens with zero attached hydrogens (tertiary/aromatic N) is 2. The Balaban J connectivity index is 1.83. The summed E-state index contributed by atoms with van der Waals surface area (Å²) in [7, 11) is -4.16. The fraction of sp³-hybridized carbons (Fsp3) is 0.297. The SMILES string of the molecule is CCc1ccccc1N(CC(=O)N(Cc1ccc(Br)cc1)[C@@H](Cc1ccccc1)C(=O)N[C@H](C)CC)S(=O)(=O)c1ccc(C)cc1. The Kier molecular flexibility index (Phi) is 12.2. The van der Waals surface area contributed by atoms with Gasteiger partial charge in [0.05, 0.1) is 10.6 Å². The summed E-state index contributed by atoms with van der Waals surface area (Å²) >= 11 is 3.47. The van der Waals surface area contributed by atoms with Crippen molar-refractivity contribution >= 4 is 43.5 Å². The van der Waals surface area contributed by atoms with Crippen molar-refractivity contribution in [3.8, 4) is 0 Å². The van der Waals surface area contributed by atoms with Crippen molar-refractivity contribution in [3.05, 3.63) is 130 Å². The maximum Gasteiger partial charge on any atom is 0.264 e. The molecular formula is C37H42BrN3O4S. The average molecular weight is 705 g/mol. The van der Waals surface area contributed by atoms with Crippen molar-refractivity contribution in [3.63, 3.8) is 0 Å². The minimum atomic E-state index is -4.16. The van der Waals surface area contributed by atoms with E-state index in [0.29, 0.717) is 12.1 Å². The zero-order valence-electron chi connectivity index (χ0n) is 26.8. The molecule has 2 atom stereocenters. The highest BCUT2D eigenvalue weighted by Crippen LogP contribution is 2.29. The molecule has 0 spiro atoms. The summed E-state index contributed by atoms with van der Waals surface area (Å²) in [5, 5.41) is 3.07. The molecule has 4 rings (SSSR count). The second-order valence-electron chi connectivity index (χ2n) is 11.5. The highest BCUT2D eigenvalue weighted by atomic mass is 79.9. The Bertz CT molecular complexity index is 1710. The van der Waals surface area contributed by atoms with Crippen LogP contribution in [0, 0.1) is 6.92 Å². The molecule has 7 nitrogen and oxygen atoms in total. The summed E-state index contributed by atoms with van der Waals surface area (Å²) in [5.74, 6) is -0.768. The zero-order chi connectivity index (χ0) is 33.3. The van der Waals surface area contributed by atoms with Crippen molar-refractivity contribution in [2.24, 2.45) is 0 Å². The number of halogens is 1. The average Bonchev–Trinajstić information content (AvgIpc) is 3.06. The van der Waals surface area contributed by atoms with Gasteiger partial charge in [-0.1, -0.05) is 108 Å². The van der Waals surface area contributed by atoms with Gasteiger partial charge < -0.3 is 10.2 Å². The van der Waals surface area contributed by atoms with E-state index in [-0.39, 0.29) is 29.8 Å². The van der Waals surface area contributed by atoms with Crippen molar-refractivity contribution in [1.82, 2.24) is 10.2 Å². The molecule has 1 N–H and O–H groups in total. The number of rotatable bonds is 14. The first-order chi connectivity index (χ1) is 22.0. The smallest absolute Gasteiger partial charge is 0.264 e. The van der Waals surface area contributed by atoms with Crippen molar-refractivity contribution in [2.75, 3.05) is 10.8 Å². The number of amides is 2. The molecule has 0 fully saturated rings. The van der Waals surface area contributed by atoms with E-state index in [4.69, 9.17) is 0 Å². The van der Waals surface area contributed by atoms with Gasteiger partial charge in [-0.25, -0.2) is 8.42 Å². The molecule has 4 aromatic carbocycles. The minimum absolute atomic E-state index is 0.0895.